The van der Waals surface area contributed by atoms with Gasteiger partial charge in [-0.25, -0.2) is 0 Å². The van der Waals surface area contributed by atoms with Gasteiger partial charge >= 0.3 is 0 Å². The summed E-state index contributed by atoms with van der Waals surface area (Å²) >= 11 is 0. The number of amides is 1. The van der Waals surface area contributed by atoms with Crippen LogP contribution in [0.3, 0.4) is 0 Å². The lowest BCUT2D eigenvalue weighted by atomic mass is 9.86. The van der Waals surface area contributed by atoms with E-state index in [0.29, 0.717) is 42.8 Å². The van der Waals surface area contributed by atoms with Gasteiger partial charge in [0.05, 0.1) is 5.92 Å². The van der Waals surface area contributed by atoms with E-state index in [1.54, 1.807) is 0 Å². The number of nitrogens with zero attached hydrogens (tertiary/aromatic N) is 3. The van der Waals surface area contributed by atoms with Gasteiger partial charge in [0.2, 0.25) is 11.8 Å². The molecular weight excluding hydrogens is 384 g/mol. The van der Waals surface area contributed by atoms with Crippen molar-refractivity contribution in [2.24, 2.45) is 5.92 Å². The van der Waals surface area contributed by atoms with E-state index in [1.165, 1.54) is 11.5 Å². The number of hydrogen-bond donors (Lipinski definition) is 0. The standard InChI is InChI=1S/C22H27B2N3O2.C2H6/c1-6-26(7-2)22(29)16-10-15(11-25(5)12-16)17-8-9-18(23)20-19(17)13(3)21(24)27(20)14(4)28;1-2/h8-10,16H,6-7,11-12H2,1-5H3;1-2H3. The SMILES string of the molecule is CC.[B]c1ccc(C2=CC(C(=O)N(CC)CC)CN(C)C2)c2c(C)c([B])n(C(C)=O)c12. The maximum atomic E-state index is 13.0. The van der Waals surface area contributed by atoms with Gasteiger partial charge in [-0.2, -0.15) is 0 Å². The Hall–Kier alpha value is -2.27. The van der Waals surface area contributed by atoms with Crippen molar-refractivity contribution in [2.45, 2.75) is 41.5 Å². The van der Waals surface area contributed by atoms with E-state index in [9.17, 15) is 9.59 Å². The molecule has 1 atom stereocenters. The minimum absolute atomic E-state index is 0.142. The molecule has 7 heteroatoms. The summed E-state index contributed by atoms with van der Waals surface area (Å²) in [5.74, 6) is -0.235. The fraction of sp³-hybridized carbons (Fsp3) is 0.500. The Kier molecular flexibility index (Phi) is 8.35. The first-order valence-corrected chi connectivity index (χ1v) is 11.1. The highest BCUT2D eigenvalue weighted by molar-refractivity contribution is 6.42. The van der Waals surface area contributed by atoms with Crippen molar-refractivity contribution in [3.05, 3.63) is 29.3 Å². The Morgan fingerprint density at radius 2 is 1.77 bits per heavy atom. The summed E-state index contributed by atoms with van der Waals surface area (Å²) < 4.78 is 1.48. The number of likely N-dealkylation sites (N-methyl/N-ethyl adjacent to an activating group) is 1. The summed E-state index contributed by atoms with van der Waals surface area (Å²) in [4.78, 5) is 29.2. The van der Waals surface area contributed by atoms with Crippen LogP contribution in [-0.2, 0) is 4.79 Å². The molecule has 5 nitrogen and oxygen atoms in total. The first-order chi connectivity index (χ1) is 14.7. The molecule has 0 spiro atoms. The minimum atomic E-state index is -0.205. The lowest BCUT2D eigenvalue weighted by Gasteiger charge is -2.32. The third-order valence-corrected chi connectivity index (χ3v) is 5.84. The van der Waals surface area contributed by atoms with Crippen molar-refractivity contribution < 1.29 is 9.59 Å². The fourth-order valence-corrected chi connectivity index (χ4v) is 4.37. The highest BCUT2D eigenvalue weighted by Gasteiger charge is 2.28. The Morgan fingerprint density at radius 3 is 2.32 bits per heavy atom. The Bertz CT molecular complexity index is 1010. The van der Waals surface area contributed by atoms with Gasteiger partial charge in [-0.15, -0.1) is 0 Å². The normalized spacial score (nSPS) is 16.5. The average molecular weight is 417 g/mol. The van der Waals surface area contributed by atoms with Gasteiger partial charge < -0.3 is 9.80 Å². The molecule has 1 unspecified atom stereocenters. The molecule has 1 aromatic carbocycles. The minimum Gasteiger partial charge on any atom is -0.343 e. The molecule has 1 aliphatic heterocycles. The van der Waals surface area contributed by atoms with Crippen molar-refractivity contribution in [3.8, 4) is 0 Å². The molecule has 1 amide bonds. The molecule has 1 aromatic heterocycles. The summed E-state index contributed by atoms with van der Waals surface area (Å²) in [6.45, 7) is 14.2. The molecule has 0 fully saturated rings. The number of carbonyl (C=O) groups is 2. The van der Waals surface area contributed by atoms with E-state index in [0.717, 1.165) is 22.1 Å². The van der Waals surface area contributed by atoms with Gasteiger partial charge in [-0.1, -0.05) is 37.5 Å². The lowest BCUT2D eigenvalue weighted by Crippen LogP contribution is -2.42. The third-order valence-electron chi connectivity index (χ3n) is 5.84. The van der Waals surface area contributed by atoms with E-state index < -0.39 is 0 Å². The molecule has 4 radical (unpaired) electrons. The van der Waals surface area contributed by atoms with Gasteiger partial charge in [0.1, 0.15) is 15.7 Å². The van der Waals surface area contributed by atoms with Crippen LogP contribution in [0.15, 0.2) is 18.2 Å². The van der Waals surface area contributed by atoms with E-state index in [1.807, 2.05) is 58.7 Å². The van der Waals surface area contributed by atoms with Gasteiger partial charge in [0.15, 0.2) is 0 Å². The Morgan fingerprint density at radius 1 is 1.16 bits per heavy atom. The third kappa shape index (κ3) is 4.67. The topological polar surface area (TPSA) is 45.6 Å². The molecule has 3 rings (SSSR count). The maximum absolute atomic E-state index is 13.0. The monoisotopic (exact) mass is 417 g/mol. The zero-order chi connectivity index (χ0) is 23.5. The van der Waals surface area contributed by atoms with Crippen molar-refractivity contribution >= 4 is 55.0 Å². The second kappa shape index (κ2) is 10.4. The zero-order valence-corrected chi connectivity index (χ0v) is 20.0. The van der Waals surface area contributed by atoms with Gasteiger partial charge in [-0.05, 0) is 50.1 Å². The van der Waals surface area contributed by atoms with Crippen molar-refractivity contribution in [1.82, 2.24) is 14.4 Å². The van der Waals surface area contributed by atoms with E-state index in [4.69, 9.17) is 15.7 Å². The quantitative estimate of drug-likeness (QED) is 0.716. The molecule has 2 heterocycles. The van der Waals surface area contributed by atoms with Gasteiger partial charge in [0, 0.05) is 44.0 Å². The van der Waals surface area contributed by atoms with Crippen LogP contribution in [0.2, 0.25) is 0 Å². The van der Waals surface area contributed by atoms with Crippen LogP contribution in [0.4, 0.5) is 0 Å². The summed E-state index contributed by atoms with van der Waals surface area (Å²) in [6.07, 6.45) is 2.08. The average Bonchev–Trinajstić information content (AvgIpc) is 3.02. The molecule has 0 saturated heterocycles. The molecule has 0 N–H and O–H groups in total. The first-order valence-electron chi connectivity index (χ1n) is 11.1. The summed E-state index contributed by atoms with van der Waals surface area (Å²) in [6, 6.07) is 3.78. The summed E-state index contributed by atoms with van der Waals surface area (Å²) in [5, 5.41) is 0.883. The second-order valence-corrected chi connectivity index (χ2v) is 7.80. The molecule has 1 aliphatic rings. The lowest BCUT2D eigenvalue weighted by molar-refractivity contribution is -0.134. The number of fused-ring (bicyclic) bond motifs is 1. The van der Waals surface area contributed by atoms with E-state index in [-0.39, 0.29) is 17.7 Å². The van der Waals surface area contributed by atoms with Crippen LogP contribution in [-0.4, -0.2) is 75.1 Å². The van der Waals surface area contributed by atoms with Crippen LogP contribution in [0.1, 0.15) is 50.5 Å². The molecule has 162 valence electrons. The van der Waals surface area contributed by atoms with Gasteiger partial charge in [-0.3, -0.25) is 14.2 Å². The van der Waals surface area contributed by atoms with Crippen LogP contribution < -0.4 is 11.1 Å². The second-order valence-electron chi connectivity index (χ2n) is 7.80. The number of benzene rings is 1. The van der Waals surface area contributed by atoms with Crippen LogP contribution in [0.25, 0.3) is 16.5 Å². The number of carbonyl (C=O) groups excluding carboxylic acids is 2. The van der Waals surface area contributed by atoms with Crippen LogP contribution in [0.5, 0.6) is 0 Å². The van der Waals surface area contributed by atoms with E-state index >= 15 is 0 Å². The van der Waals surface area contributed by atoms with Crippen LogP contribution >= 0.6 is 0 Å². The highest BCUT2D eigenvalue weighted by atomic mass is 16.2. The molecule has 2 aromatic rings. The van der Waals surface area contributed by atoms with Crippen molar-refractivity contribution in [3.63, 3.8) is 0 Å². The summed E-state index contributed by atoms with van der Waals surface area (Å²) in [7, 11) is 14.5. The van der Waals surface area contributed by atoms with Crippen LogP contribution in [0, 0.1) is 12.8 Å². The first kappa shape index (κ1) is 25.0. The highest BCUT2D eigenvalue weighted by Crippen LogP contribution is 2.31. The molecule has 31 heavy (non-hydrogen) atoms. The number of aromatic nitrogens is 1. The zero-order valence-electron chi connectivity index (χ0n) is 20.0. The van der Waals surface area contributed by atoms with Crippen molar-refractivity contribution in [1.29, 1.82) is 0 Å². The Balaban J connectivity index is 0.00000166. The predicted molar refractivity (Wildman–Crippen MR) is 132 cm³/mol. The smallest absolute Gasteiger partial charge is 0.230 e. The van der Waals surface area contributed by atoms with E-state index in [2.05, 4.69) is 11.0 Å². The molecule has 0 saturated carbocycles. The largest absolute Gasteiger partial charge is 0.343 e. The molecule has 0 aliphatic carbocycles. The summed E-state index contributed by atoms with van der Waals surface area (Å²) in [5.41, 5.74) is 4.43. The fourth-order valence-electron chi connectivity index (χ4n) is 4.37. The number of aryl methyl sites for hydroxylation is 1. The van der Waals surface area contributed by atoms with Crippen molar-refractivity contribution in [2.75, 3.05) is 33.2 Å². The Labute approximate surface area is 189 Å². The number of rotatable bonds is 4. The maximum Gasteiger partial charge on any atom is 0.230 e. The number of hydrogen-bond acceptors (Lipinski definition) is 3. The van der Waals surface area contributed by atoms with Gasteiger partial charge in [0.25, 0.3) is 0 Å². The molecule has 0 bridgehead atoms. The molecular formula is C24H33B2N3O2. The predicted octanol–water partition coefficient (Wildman–Crippen LogP) is 2.04.